The Morgan fingerprint density at radius 2 is 1.84 bits per heavy atom. The first-order chi connectivity index (χ1) is 8.81. The molecule has 3 N–H and O–H groups in total. The third-order valence-corrected chi connectivity index (χ3v) is 4.05. The van der Waals surface area contributed by atoms with Crippen LogP contribution in [0.15, 0.2) is 0 Å². The molecule has 1 amide bonds. The second-order valence-corrected chi connectivity index (χ2v) is 6.19. The summed E-state index contributed by atoms with van der Waals surface area (Å²) in [5.41, 5.74) is 5.45. The molecule has 3 unspecified atom stereocenters. The van der Waals surface area contributed by atoms with E-state index in [2.05, 4.69) is 36.0 Å². The number of piperazine rings is 1. The molecule has 19 heavy (non-hydrogen) atoms. The molecule has 1 heterocycles. The third kappa shape index (κ3) is 5.09. The van der Waals surface area contributed by atoms with Crippen molar-refractivity contribution in [1.29, 1.82) is 0 Å². The first-order valence-electron chi connectivity index (χ1n) is 7.31. The van der Waals surface area contributed by atoms with Crippen LogP contribution in [0.2, 0.25) is 0 Å². The van der Waals surface area contributed by atoms with E-state index < -0.39 is 0 Å². The van der Waals surface area contributed by atoms with Gasteiger partial charge in [-0.25, -0.2) is 0 Å². The Hall–Kier alpha value is -0.650. The molecule has 1 aliphatic heterocycles. The molecule has 0 saturated carbocycles. The van der Waals surface area contributed by atoms with Gasteiger partial charge in [-0.2, -0.15) is 0 Å². The van der Waals surface area contributed by atoms with Crippen LogP contribution in [0.1, 0.15) is 34.1 Å². The Labute approximate surface area is 117 Å². The molecule has 1 saturated heterocycles. The molecule has 112 valence electrons. The summed E-state index contributed by atoms with van der Waals surface area (Å²) in [6, 6.07) is 1.19. The summed E-state index contributed by atoms with van der Waals surface area (Å²) in [5, 5.41) is 3.24. The van der Waals surface area contributed by atoms with Gasteiger partial charge in [-0.3, -0.25) is 9.69 Å². The lowest BCUT2D eigenvalue weighted by atomic mass is 10.1. The standard InChI is InChI=1S/C14H30N4O/c1-10(2)16-13(14(15)19)6-7-18-8-11(3)17(5)12(4)9-18/h10-13,16H,6-9H2,1-5H3,(H2,15,19). The molecule has 0 aromatic heterocycles. The number of hydrogen-bond acceptors (Lipinski definition) is 4. The molecule has 5 heteroatoms. The van der Waals surface area contributed by atoms with Gasteiger partial charge >= 0.3 is 0 Å². The summed E-state index contributed by atoms with van der Waals surface area (Å²) in [6.45, 7) is 11.6. The summed E-state index contributed by atoms with van der Waals surface area (Å²) in [4.78, 5) is 16.3. The lowest BCUT2D eigenvalue weighted by molar-refractivity contribution is -0.120. The van der Waals surface area contributed by atoms with Crippen molar-refractivity contribution in [3.8, 4) is 0 Å². The van der Waals surface area contributed by atoms with Gasteiger partial charge in [-0.1, -0.05) is 13.8 Å². The molecule has 1 rings (SSSR count). The first kappa shape index (κ1) is 16.4. The van der Waals surface area contributed by atoms with Crippen molar-refractivity contribution in [3.63, 3.8) is 0 Å². The number of likely N-dealkylation sites (N-methyl/N-ethyl adjacent to an activating group) is 1. The van der Waals surface area contributed by atoms with E-state index in [1.165, 1.54) is 0 Å². The molecular formula is C14H30N4O. The van der Waals surface area contributed by atoms with Gasteiger partial charge in [0.15, 0.2) is 0 Å². The second kappa shape index (κ2) is 7.22. The zero-order chi connectivity index (χ0) is 14.6. The van der Waals surface area contributed by atoms with Gasteiger partial charge in [-0.15, -0.1) is 0 Å². The maximum absolute atomic E-state index is 11.4. The fourth-order valence-electron chi connectivity index (χ4n) is 2.72. The monoisotopic (exact) mass is 270 g/mol. The quantitative estimate of drug-likeness (QED) is 0.726. The summed E-state index contributed by atoms with van der Waals surface area (Å²) in [6.07, 6.45) is 0.788. The summed E-state index contributed by atoms with van der Waals surface area (Å²) in [7, 11) is 2.18. The largest absolute Gasteiger partial charge is 0.368 e. The number of hydrogen-bond donors (Lipinski definition) is 2. The fourth-order valence-corrected chi connectivity index (χ4v) is 2.72. The minimum Gasteiger partial charge on any atom is -0.368 e. The smallest absolute Gasteiger partial charge is 0.234 e. The number of primary amides is 1. The van der Waals surface area contributed by atoms with Crippen molar-refractivity contribution in [1.82, 2.24) is 15.1 Å². The predicted octanol–water partition coefficient (Wildman–Crippen LogP) is 0.253. The highest BCUT2D eigenvalue weighted by Gasteiger charge is 2.27. The van der Waals surface area contributed by atoms with E-state index in [-0.39, 0.29) is 18.0 Å². The fraction of sp³-hybridized carbons (Fsp3) is 0.929. The number of amides is 1. The number of nitrogens with two attached hydrogens (primary N) is 1. The highest BCUT2D eigenvalue weighted by atomic mass is 16.1. The van der Waals surface area contributed by atoms with Crippen LogP contribution >= 0.6 is 0 Å². The average molecular weight is 270 g/mol. The van der Waals surface area contributed by atoms with Crippen LogP contribution in [0, 0.1) is 0 Å². The van der Waals surface area contributed by atoms with E-state index in [0.29, 0.717) is 12.1 Å². The number of rotatable bonds is 6. The van der Waals surface area contributed by atoms with Crippen molar-refractivity contribution >= 4 is 5.91 Å². The van der Waals surface area contributed by atoms with Gasteiger partial charge in [0, 0.05) is 37.8 Å². The van der Waals surface area contributed by atoms with Gasteiger partial charge in [0.25, 0.3) is 0 Å². The summed E-state index contributed by atoms with van der Waals surface area (Å²) in [5.74, 6) is -0.246. The SMILES string of the molecule is CC(C)NC(CCN1CC(C)N(C)C(C)C1)C(N)=O. The maximum atomic E-state index is 11.4. The third-order valence-electron chi connectivity index (χ3n) is 4.05. The van der Waals surface area contributed by atoms with Crippen molar-refractivity contribution < 1.29 is 4.79 Å². The molecular weight excluding hydrogens is 240 g/mol. The number of nitrogens with zero attached hydrogens (tertiary/aromatic N) is 2. The lowest BCUT2D eigenvalue weighted by Gasteiger charge is -2.42. The van der Waals surface area contributed by atoms with Crippen molar-refractivity contribution in [2.75, 3.05) is 26.7 Å². The molecule has 0 aliphatic carbocycles. The molecule has 0 aromatic carbocycles. The van der Waals surface area contributed by atoms with Crippen LogP contribution in [0.5, 0.6) is 0 Å². The Bertz CT molecular complexity index is 283. The van der Waals surface area contributed by atoms with E-state index in [9.17, 15) is 4.79 Å². The van der Waals surface area contributed by atoms with Gasteiger partial charge in [-0.05, 0) is 27.3 Å². The van der Waals surface area contributed by atoms with E-state index in [0.717, 1.165) is 26.1 Å². The number of carbonyl (C=O) groups is 1. The number of nitrogens with one attached hydrogen (secondary N) is 1. The van der Waals surface area contributed by atoms with E-state index in [1.54, 1.807) is 0 Å². The van der Waals surface area contributed by atoms with Crippen LogP contribution in [0.4, 0.5) is 0 Å². The second-order valence-electron chi connectivity index (χ2n) is 6.19. The zero-order valence-corrected chi connectivity index (χ0v) is 13.0. The normalized spacial score (nSPS) is 27.7. The lowest BCUT2D eigenvalue weighted by Crippen LogP contribution is -2.56. The van der Waals surface area contributed by atoms with Crippen LogP contribution in [-0.4, -0.2) is 66.6 Å². The van der Waals surface area contributed by atoms with Crippen LogP contribution in [0.25, 0.3) is 0 Å². The maximum Gasteiger partial charge on any atom is 0.234 e. The summed E-state index contributed by atoms with van der Waals surface area (Å²) < 4.78 is 0. The average Bonchev–Trinajstić information content (AvgIpc) is 2.30. The molecule has 5 nitrogen and oxygen atoms in total. The molecule has 0 radical (unpaired) electrons. The predicted molar refractivity (Wildman–Crippen MR) is 79.0 cm³/mol. The highest BCUT2D eigenvalue weighted by molar-refractivity contribution is 5.79. The van der Waals surface area contributed by atoms with Crippen LogP contribution < -0.4 is 11.1 Å². The van der Waals surface area contributed by atoms with Crippen molar-refractivity contribution in [3.05, 3.63) is 0 Å². The van der Waals surface area contributed by atoms with E-state index in [1.807, 2.05) is 13.8 Å². The molecule has 1 aliphatic rings. The zero-order valence-electron chi connectivity index (χ0n) is 13.0. The number of carbonyl (C=O) groups excluding carboxylic acids is 1. The van der Waals surface area contributed by atoms with Gasteiger partial charge in [0.05, 0.1) is 6.04 Å². The van der Waals surface area contributed by atoms with E-state index in [4.69, 9.17) is 5.73 Å². The molecule has 0 spiro atoms. The van der Waals surface area contributed by atoms with Gasteiger partial charge < -0.3 is 16.0 Å². The van der Waals surface area contributed by atoms with Crippen molar-refractivity contribution in [2.45, 2.75) is 58.3 Å². The summed E-state index contributed by atoms with van der Waals surface area (Å²) >= 11 is 0. The molecule has 3 atom stereocenters. The minimum atomic E-state index is -0.246. The topological polar surface area (TPSA) is 61.6 Å². The molecule has 0 bridgehead atoms. The minimum absolute atomic E-state index is 0.217. The molecule has 0 aromatic rings. The van der Waals surface area contributed by atoms with Gasteiger partial charge in [0.2, 0.25) is 5.91 Å². The Balaban J connectivity index is 2.44. The van der Waals surface area contributed by atoms with Crippen molar-refractivity contribution in [2.24, 2.45) is 5.73 Å². The Morgan fingerprint density at radius 3 is 2.26 bits per heavy atom. The highest BCUT2D eigenvalue weighted by Crippen LogP contribution is 2.13. The van der Waals surface area contributed by atoms with Crippen LogP contribution in [0.3, 0.4) is 0 Å². The van der Waals surface area contributed by atoms with E-state index >= 15 is 0 Å². The first-order valence-corrected chi connectivity index (χ1v) is 7.31. The Kier molecular flexibility index (Phi) is 6.23. The Morgan fingerprint density at radius 1 is 1.32 bits per heavy atom. The van der Waals surface area contributed by atoms with Gasteiger partial charge in [0.1, 0.15) is 0 Å². The van der Waals surface area contributed by atoms with Crippen LogP contribution in [-0.2, 0) is 4.79 Å². The molecule has 1 fully saturated rings.